The summed E-state index contributed by atoms with van der Waals surface area (Å²) >= 11 is 0. The summed E-state index contributed by atoms with van der Waals surface area (Å²) < 4.78 is 60.2. The molecule has 250 valence electrons. The molecule has 1 N–H and O–H groups in total. The summed E-state index contributed by atoms with van der Waals surface area (Å²) in [5, 5.41) is 30.1. The minimum atomic E-state index is -4.69. The number of aromatic nitrogens is 4. The molecule has 1 atom stereocenters. The normalized spacial score (nSPS) is 17.2. The van der Waals surface area contributed by atoms with E-state index in [2.05, 4.69) is 31.5 Å². The van der Waals surface area contributed by atoms with Crippen LogP contribution in [0.2, 0.25) is 0 Å². The maximum atomic E-state index is 15.0. The molecule has 1 saturated heterocycles. The minimum absolute atomic E-state index is 0.0294. The molecule has 2 aromatic heterocycles. The van der Waals surface area contributed by atoms with Crippen molar-refractivity contribution in [3.8, 4) is 34.7 Å². The van der Waals surface area contributed by atoms with Gasteiger partial charge in [0.25, 0.3) is 5.91 Å². The Morgan fingerprint density at radius 3 is 2.51 bits per heavy atom. The number of likely N-dealkylation sites (tertiary alicyclic amines) is 1. The van der Waals surface area contributed by atoms with Gasteiger partial charge in [-0.05, 0) is 96.8 Å². The Balaban J connectivity index is 1.32. The van der Waals surface area contributed by atoms with E-state index in [4.69, 9.17) is 0 Å². The predicted octanol–water partition coefficient (Wildman–Crippen LogP) is 6.29. The Bertz CT molecular complexity index is 2070. The van der Waals surface area contributed by atoms with Crippen LogP contribution in [0, 0.1) is 39.8 Å². The van der Waals surface area contributed by atoms with E-state index in [0.717, 1.165) is 38.4 Å². The molecule has 0 unspecified atom stereocenters. The van der Waals surface area contributed by atoms with Gasteiger partial charge in [-0.15, -0.1) is 10.2 Å². The second-order valence-electron chi connectivity index (χ2n) is 13.3. The lowest BCUT2D eigenvalue weighted by Crippen LogP contribution is -2.25. The van der Waals surface area contributed by atoms with Gasteiger partial charge in [-0.2, -0.15) is 23.7 Å². The van der Waals surface area contributed by atoms with Crippen molar-refractivity contribution in [3.05, 3.63) is 76.4 Å². The second-order valence-corrected chi connectivity index (χ2v) is 13.3. The predicted molar refractivity (Wildman–Crippen MR) is 171 cm³/mol. The van der Waals surface area contributed by atoms with Crippen molar-refractivity contribution in [2.45, 2.75) is 45.5 Å². The zero-order valence-electron chi connectivity index (χ0n) is 26.8. The standard InChI is InChI=1S/C35H31F4N9O/c1-20(13-40)15-42-30-10-22(24-9-23(14-41)29(36)12-25(24)32-45-43-19-46(32)2)11-31(44-30)48-17-27-26(33(48)49)7-21(8-28(27)35(37,38)39)16-47-6-5-34(18-47)3-4-34/h7-12,19-20H,3-6,15-18H2,1-2H3,(H,42,44)/t20-/m0/s1. The highest BCUT2D eigenvalue weighted by Gasteiger charge is 2.48. The summed E-state index contributed by atoms with van der Waals surface area (Å²) in [5.41, 5.74) is 0.505. The molecule has 1 spiro atoms. The van der Waals surface area contributed by atoms with E-state index in [0.29, 0.717) is 40.0 Å². The van der Waals surface area contributed by atoms with Crippen molar-refractivity contribution in [3.63, 3.8) is 0 Å². The third-order valence-electron chi connectivity index (χ3n) is 9.68. The van der Waals surface area contributed by atoms with E-state index >= 15 is 0 Å². The van der Waals surface area contributed by atoms with Crippen LogP contribution in [0.25, 0.3) is 22.5 Å². The quantitative estimate of drug-likeness (QED) is 0.217. The van der Waals surface area contributed by atoms with Crippen LogP contribution in [0.4, 0.5) is 29.2 Å². The maximum Gasteiger partial charge on any atom is 0.416 e. The molecule has 1 amide bonds. The first-order valence-electron chi connectivity index (χ1n) is 15.9. The Morgan fingerprint density at radius 2 is 1.86 bits per heavy atom. The van der Waals surface area contributed by atoms with Gasteiger partial charge in [0.1, 0.15) is 29.8 Å². The van der Waals surface area contributed by atoms with Crippen molar-refractivity contribution in [2.24, 2.45) is 18.4 Å². The number of anilines is 2. The number of amides is 1. The summed E-state index contributed by atoms with van der Waals surface area (Å²) in [4.78, 5) is 22.0. The molecule has 0 radical (unpaired) electrons. The number of alkyl halides is 3. The number of nitriles is 2. The minimum Gasteiger partial charge on any atom is -0.369 e. The highest BCUT2D eigenvalue weighted by Crippen LogP contribution is 2.53. The molecule has 2 aliphatic heterocycles. The van der Waals surface area contributed by atoms with Crippen LogP contribution in [0.1, 0.15) is 58.8 Å². The number of nitrogens with one attached hydrogen (secondary N) is 1. The number of rotatable bonds is 8. The number of fused-ring (bicyclic) bond motifs is 1. The molecule has 49 heavy (non-hydrogen) atoms. The number of aryl methyl sites for hydroxylation is 1. The Hall–Kier alpha value is -5.34. The van der Waals surface area contributed by atoms with Crippen LogP contribution in [-0.2, 0) is 26.3 Å². The van der Waals surface area contributed by atoms with Crippen molar-refractivity contribution < 1.29 is 22.4 Å². The molecule has 4 aromatic rings. The van der Waals surface area contributed by atoms with Crippen LogP contribution in [-0.4, -0.2) is 50.2 Å². The fourth-order valence-corrected chi connectivity index (χ4v) is 6.82. The molecule has 10 nitrogen and oxygen atoms in total. The lowest BCUT2D eigenvalue weighted by atomic mass is 9.96. The number of hydrogen-bond donors (Lipinski definition) is 1. The molecule has 7 rings (SSSR count). The van der Waals surface area contributed by atoms with E-state index in [-0.39, 0.29) is 41.4 Å². The van der Waals surface area contributed by atoms with Gasteiger partial charge in [0.2, 0.25) is 0 Å². The second kappa shape index (κ2) is 12.0. The summed E-state index contributed by atoms with van der Waals surface area (Å²) in [7, 11) is 1.67. The third-order valence-corrected chi connectivity index (χ3v) is 9.68. The van der Waals surface area contributed by atoms with E-state index < -0.39 is 29.4 Å². The highest BCUT2D eigenvalue weighted by atomic mass is 19.4. The molecular formula is C35H31F4N9O. The zero-order chi connectivity index (χ0) is 34.7. The molecule has 1 saturated carbocycles. The monoisotopic (exact) mass is 669 g/mol. The number of carbonyl (C=O) groups is 1. The van der Waals surface area contributed by atoms with Crippen molar-refractivity contribution in [1.29, 1.82) is 10.5 Å². The lowest BCUT2D eigenvalue weighted by molar-refractivity contribution is -0.138. The first kappa shape index (κ1) is 32.2. The zero-order valence-corrected chi connectivity index (χ0v) is 26.8. The Morgan fingerprint density at radius 1 is 1.06 bits per heavy atom. The Kier molecular flexibility index (Phi) is 7.87. The number of pyridine rings is 1. The summed E-state index contributed by atoms with van der Waals surface area (Å²) in [6, 6.07) is 12.3. The van der Waals surface area contributed by atoms with E-state index in [1.807, 2.05) is 6.07 Å². The van der Waals surface area contributed by atoms with Crippen LogP contribution in [0.5, 0.6) is 0 Å². The van der Waals surface area contributed by atoms with E-state index in [1.54, 1.807) is 30.7 Å². The van der Waals surface area contributed by atoms with Gasteiger partial charge in [-0.1, -0.05) is 0 Å². The average molecular weight is 670 g/mol. The Labute approximate surface area is 279 Å². The van der Waals surface area contributed by atoms with Gasteiger partial charge in [0.15, 0.2) is 5.82 Å². The van der Waals surface area contributed by atoms with E-state index in [9.17, 15) is 32.9 Å². The number of nitrogens with zero attached hydrogens (tertiary/aromatic N) is 8. The van der Waals surface area contributed by atoms with Crippen molar-refractivity contribution >= 4 is 17.5 Å². The maximum absolute atomic E-state index is 15.0. The topological polar surface area (TPSA) is 127 Å². The number of carbonyl (C=O) groups excluding carboxylic acids is 1. The summed E-state index contributed by atoms with van der Waals surface area (Å²) in [5.74, 6) is -1.26. The lowest BCUT2D eigenvalue weighted by Gasteiger charge is -2.20. The van der Waals surface area contributed by atoms with Crippen molar-refractivity contribution in [1.82, 2.24) is 24.6 Å². The molecule has 2 fully saturated rings. The van der Waals surface area contributed by atoms with Gasteiger partial charge in [-0.25, -0.2) is 9.37 Å². The number of benzene rings is 2. The first-order chi connectivity index (χ1) is 23.4. The SMILES string of the molecule is C[C@@H](C#N)CNc1cc(-c2cc(C#N)c(F)cc2-c2nncn2C)cc(N2Cc3c(cc(CN4CCC5(CC5)C4)cc3C(F)(F)F)C2=O)n1. The number of halogens is 4. The van der Waals surface area contributed by atoms with Crippen LogP contribution < -0.4 is 10.2 Å². The van der Waals surface area contributed by atoms with E-state index in [1.165, 1.54) is 29.4 Å². The summed E-state index contributed by atoms with van der Waals surface area (Å²) in [6.45, 7) is 3.48. The van der Waals surface area contributed by atoms with Crippen LogP contribution in [0.15, 0.2) is 42.7 Å². The van der Waals surface area contributed by atoms with Gasteiger partial charge in [0, 0.05) is 37.8 Å². The molecule has 14 heteroatoms. The molecule has 0 bridgehead atoms. The largest absolute Gasteiger partial charge is 0.416 e. The number of hydrogen-bond acceptors (Lipinski definition) is 8. The molecular weight excluding hydrogens is 638 g/mol. The molecule has 3 aliphatic rings. The average Bonchev–Trinajstić information content (AvgIpc) is 3.33. The van der Waals surface area contributed by atoms with Gasteiger partial charge in [0.05, 0.1) is 29.7 Å². The van der Waals surface area contributed by atoms with Crippen LogP contribution in [0.3, 0.4) is 0 Å². The van der Waals surface area contributed by atoms with Crippen LogP contribution >= 0.6 is 0 Å². The van der Waals surface area contributed by atoms with Gasteiger partial charge >= 0.3 is 6.18 Å². The molecule has 1 aliphatic carbocycles. The fourth-order valence-electron chi connectivity index (χ4n) is 6.82. The molecule has 4 heterocycles. The first-order valence-corrected chi connectivity index (χ1v) is 15.9. The van der Waals surface area contributed by atoms with Gasteiger partial charge in [-0.3, -0.25) is 14.6 Å². The van der Waals surface area contributed by atoms with Crippen molar-refractivity contribution in [2.75, 3.05) is 29.9 Å². The smallest absolute Gasteiger partial charge is 0.369 e. The van der Waals surface area contributed by atoms with Gasteiger partial charge < -0.3 is 9.88 Å². The third kappa shape index (κ3) is 6.08. The fraction of sp³-hybridized carbons (Fsp3) is 0.371. The highest BCUT2D eigenvalue weighted by molar-refractivity contribution is 6.10. The summed E-state index contributed by atoms with van der Waals surface area (Å²) in [6.07, 6.45) is 0.0575. The molecule has 2 aromatic carbocycles.